The number of anilines is 1. The molecule has 0 unspecified atom stereocenters. The van der Waals surface area contributed by atoms with Crippen LogP contribution in [0.4, 0.5) is 10.1 Å². The van der Waals surface area contributed by atoms with E-state index >= 15 is 0 Å². The van der Waals surface area contributed by atoms with Crippen molar-refractivity contribution >= 4 is 40.9 Å². The van der Waals surface area contributed by atoms with E-state index < -0.39 is 5.82 Å². The van der Waals surface area contributed by atoms with E-state index in [4.69, 9.17) is 20.8 Å². The molecule has 0 saturated carbocycles. The Balaban J connectivity index is 1.37. The first-order chi connectivity index (χ1) is 14.5. The van der Waals surface area contributed by atoms with E-state index in [9.17, 15) is 14.0 Å². The van der Waals surface area contributed by atoms with Crippen LogP contribution in [-0.4, -0.2) is 34.4 Å². The Morgan fingerprint density at radius 2 is 1.93 bits per heavy atom. The van der Waals surface area contributed by atoms with Gasteiger partial charge in [-0.15, -0.1) is 10.2 Å². The molecular formula is C19H16ClFN4O4S. The van der Waals surface area contributed by atoms with Crippen molar-refractivity contribution in [2.24, 2.45) is 0 Å². The van der Waals surface area contributed by atoms with E-state index in [1.165, 1.54) is 18.2 Å². The molecule has 0 radical (unpaired) electrons. The predicted molar refractivity (Wildman–Crippen MR) is 109 cm³/mol. The highest BCUT2D eigenvalue weighted by atomic mass is 35.5. The molecule has 3 aromatic rings. The topological polar surface area (TPSA) is 106 Å². The zero-order chi connectivity index (χ0) is 21.3. The number of hydrogen-bond donors (Lipinski definition) is 2. The molecule has 0 fully saturated rings. The average Bonchev–Trinajstić information content (AvgIpc) is 3.18. The van der Waals surface area contributed by atoms with Crippen molar-refractivity contribution in [1.82, 2.24) is 15.5 Å². The fourth-order valence-corrected chi connectivity index (χ4v) is 2.87. The highest BCUT2D eigenvalue weighted by molar-refractivity contribution is 7.99. The molecule has 156 valence electrons. The SMILES string of the molecule is O=C(COc1ccc(Cl)cc1)NCc1nnc(SCC(=O)Nc2cccc(F)c2)o1. The molecule has 2 N–H and O–H groups in total. The third kappa shape index (κ3) is 7.05. The monoisotopic (exact) mass is 450 g/mol. The molecule has 2 aromatic carbocycles. The summed E-state index contributed by atoms with van der Waals surface area (Å²) in [4.78, 5) is 23.7. The van der Waals surface area contributed by atoms with Crippen molar-refractivity contribution in [3.05, 3.63) is 65.3 Å². The van der Waals surface area contributed by atoms with Crippen molar-refractivity contribution in [2.75, 3.05) is 17.7 Å². The van der Waals surface area contributed by atoms with Gasteiger partial charge in [-0.3, -0.25) is 9.59 Å². The number of halogens is 2. The summed E-state index contributed by atoms with van der Waals surface area (Å²) in [6.45, 7) is -0.163. The maximum absolute atomic E-state index is 13.1. The van der Waals surface area contributed by atoms with Gasteiger partial charge in [-0.1, -0.05) is 29.4 Å². The standard InChI is InChI=1S/C19H16ClFN4O4S/c20-12-4-6-15(7-5-12)28-10-16(26)22-9-18-24-25-19(29-18)30-11-17(27)23-14-3-1-2-13(21)8-14/h1-8H,9-11H2,(H,22,26)(H,23,27). The molecule has 11 heteroatoms. The lowest BCUT2D eigenvalue weighted by molar-refractivity contribution is -0.123. The lowest BCUT2D eigenvalue weighted by Crippen LogP contribution is -2.28. The van der Waals surface area contributed by atoms with Crippen LogP contribution in [0.1, 0.15) is 5.89 Å². The van der Waals surface area contributed by atoms with Gasteiger partial charge in [0, 0.05) is 10.7 Å². The maximum Gasteiger partial charge on any atom is 0.277 e. The van der Waals surface area contributed by atoms with E-state index in [0.717, 1.165) is 11.8 Å². The number of nitrogens with one attached hydrogen (secondary N) is 2. The Labute approximate surface area is 180 Å². The lowest BCUT2D eigenvalue weighted by Gasteiger charge is -2.06. The first-order valence-electron chi connectivity index (χ1n) is 8.63. The van der Waals surface area contributed by atoms with E-state index in [2.05, 4.69) is 20.8 Å². The van der Waals surface area contributed by atoms with Gasteiger partial charge >= 0.3 is 0 Å². The smallest absolute Gasteiger partial charge is 0.277 e. The van der Waals surface area contributed by atoms with Crippen molar-refractivity contribution in [2.45, 2.75) is 11.8 Å². The van der Waals surface area contributed by atoms with E-state index in [-0.39, 0.29) is 41.8 Å². The minimum atomic E-state index is -0.442. The van der Waals surface area contributed by atoms with E-state index in [0.29, 0.717) is 16.5 Å². The van der Waals surface area contributed by atoms with Gasteiger partial charge in [0.15, 0.2) is 6.61 Å². The fraction of sp³-hybridized carbons (Fsp3) is 0.158. The number of thioether (sulfide) groups is 1. The Kier molecular flexibility index (Phi) is 7.63. The van der Waals surface area contributed by atoms with Crippen molar-refractivity contribution in [1.29, 1.82) is 0 Å². The molecule has 0 aliphatic rings. The predicted octanol–water partition coefficient (Wildman–Crippen LogP) is 3.29. The van der Waals surface area contributed by atoms with Gasteiger partial charge in [0.1, 0.15) is 11.6 Å². The zero-order valence-corrected chi connectivity index (χ0v) is 17.0. The largest absolute Gasteiger partial charge is 0.484 e. The molecule has 0 aliphatic heterocycles. The average molecular weight is 451 g/mol. The molecule has 0 saturated heterocycles. The van der Waals surface area contributed by atoms with Crippen molar-refractivity contribution < 1.29 is 23.1 Å². The van der Waals surface area contributed by atoms with Crippen LogP contribution in [0, 0.1) is 5.82 Å². The van der Waals surface area contributed by atoms with Gasteiger partial charge in [-0.05, 0) is 42.5 Å². The quantitative estimate of drug-likeness (QED) is 0.482. The van der Waals surface area contributed by atoms with Gasteiger partial charge < -0.3 is 19.8 Å². The molecule has 2 amide bonds. The molecule has 0 bridgehead atoms. The first kappa shape index (κ1) is 21.6. The van der Waals surface area contributed by atoms with Crippen LogP contribution in [0.2, 0.25) is 5.02 Å². The number of rotatable bonds is 9. The number of hydrogen-bond acceptors (Lipinski definition) is 7. The summed E-state index contributed by atoms with van der Waals surface area (Å²) in [5, 5.41) is 13.5. The minimum absolute atomic E-state index is 0.000558. The molecule has 0 aliphatic carbocycles. The van der Waals surface area contributed by atoms with Crippen LogP contribution >= 0.6 is 23.4 Å². The van der Waals surface area contributed by atoms with Crippen LogP contribution < -0.4 is 15.4 Å². The second kappa shape index (κ2) is 10.6. The number of nitrogens with zero attached hydrogens (tertiary/aromatic N) is 2. The van der Waals surface area contributed by atoms with Crippen LogP contribution in [0.25, 0.3) is 0 Å². The second-order valence-electron chi connectivity index (χ2n) is 5.83. The van der Waals surface area contributed by atoms with Crippen LogP contribution in [-0.2, 0) is 16.1 Å². The van der Waals surface area contributed by atoms with Gasteiger partial charge in [0.05, 0.1) is 12.3 Å². The molecule has 1 heterocycles. The Morgan fingerprint density at radius 3 is 2.70 bits per heavy atom. The second-order valence-corrected chi connectivity index (χ2v) is 7.19. The normalized spacial score (nSPS) is 10.5. The van der Waals surface area contributed by atoms with E-state index in [1.54, 1.807) is 30.3 Å². The lowest BCUT2D eigenvalue weighted by atomic mass is 10.3. The van der Waals surface area contributed by atoms with Crippen molar-refractivity contribution in [3.63, 3.8) is 0 Å². The Morgan fingerprint density at radius 1 is 1.13 bits per heavy atom. The fourth-order valence-electron chi connectivity index (χ4n) is 2.16. The van der Waals surface area contributed by atoms with Crippen LogP contribution in [0.15, 0.2) is 58.2 Å². The van der Waals surface area contributed by atoms with Gasteiger partial charge in [-0.2, -0.15) is 0 Å². The highest BCUT2D eigenvalue weighted by Gasteiger charge is 2.11. The van der Waals surface area contributed by atoms with Crippen molar-refractivity contribution in [3.8, 4) is 5.75 Å². The van der Waals surface area contributed by atoms with Gasteiger partial charge in [0.25, 0.3) is 11.1 Å². The number of ether oxygens (including phenoxy) is 1. The summed E-state index contributed by atoms with van der Waals surface area (Å²) >= 11 is 6.80. The summed E-state index contributed by atoms with van der Waals surface area (Å²) in [5.74, 6) is -0.461. The number of aromatic nitrogens is 2. The summed E-state index contributed by atoms with van der Waals surface area (Å²) in [6, 6.07) is 12.2. The molecular weight excluding hydrogens is 435 g/mol. The Bertz CT molecular complexity index is 1020. The molecule has 3 rings (SSSR count). The summed E-state index contributed by atoms with van der Waals surface area (Å²) in [5.41, 5.74) is 0.357. The first-order valence-corrected chi connectivity index (χ1v) is 10.00. The third-order valence-electron chi connectivity index (χ3n) is 3.50. The van der Waals surface area contributed by atoms with Crippen LogP contribution in [0.5, 0.6) is 5.75 Å². The minimum Gasteiger partial charge on any atom is -0.484 e. The number of carbonyl (C=O) groups is 2. The van der Waals surface area contributed by atoms with E-state index in [1.807, 2.05) is 0 Å². The molecule has 30 heavy (non-hydrogen) atoms. The number of amides is 2. The Hall–Kier alpha value is -3.11. The molecule has 1 aromatic heterocycles. The van der Waals surface area contributed by atoms with Gasteiger partial charge in [0.2, 0.25) is 11.8 Å². The summed E-state index contributed by atoms with van der Waals surface area (Å²) < 4.78 is 23.8. The maximum atomic E-state index is 13.1. The number of benzene rings is 2. The third-order valence-corrected chi connectivity index (χ3v) is 4.57. The summed E-state index contributed by atoms with van der Waals surface area (Å²) in [6.07, 6.45) is 0. The molecule has 8 nitrogen and oxygen atoms in total. The summed E-state index contributed by atoms with van der Waals surface area (Å²) in [7, 11) is 0. The van der Waals surface area contributed by atoms with Crippen LogP contribution in [0.3, 0.4) is 0 Å². The van der Waals surface area contributed by atoms with Gasteiger partial charge in [-0.25, -0.2) is 4.39 Å². The molecule has 0 spiro atoms. The number of carbonyl (C=O) groups excluding carboxylic acids is 2. The molecule has 0 atom stereocenters. The highest BCUT2D eigenvalue weighted by Crippen LogP contribution is 2.17. The zero-order valence-electron chi connectivity index (χ0n) is 15.4.